The highest BCUT2D eigenvalue weighted by atomic mass is 16.6. The van der Waals surface area contributed by atoms with Gasteiger partial charge in [0.2, 0.25) is 0 Å². The topological polar surface area (TPSA) is 98.9 Å². The molecule has 1 aromatic carbocycles. The Morgan fingerprint density at radius 3 is 2.70 bits per heavy atom. The van der Waals surface area contributed by atoms with E-state index in [1.807, 2.05) is 0 Å². The van der Waals surface area contributed by atoms with E-state index in [2.05, 4.69) is 10.2 Å². The molecule has 2 rings (SSSR count). The van der Waals surface area contributed by atoms with E-state index in [0.717, 1.165) is 31.6 Å². The van der Waals surface area contributed by atoms with Crippen LogP contribution in [-0.4, -0.2) is 47.5 Å². The number of nitro groups is 1. The van der Waals surface area contributed by atoms with Gasteiger partial charge in [0.05, 0.1) is 17.6 Å². The molecule has 0 saturated carbocycles. The number of hydrogen-bond acceptors (Lipinski definition) is 6. The minimum Gasteiger partial charge on any atom is -0.394 e. The van der Waals surface area contributed by atoms with Crippen LogP contribution < -0.4 is 10.2 Å². The van der Waals surface area contributed by atoms with Gasteiger partial charge in [0.25, 0.3) is 5.69 Å². The van der Waals surface area contributed by atoms with Crippen LogP contribution in [0, 0.1) is 10.1 Å². The average Bonchev–Trinajstić information content (AvgIpc) is 2.98. The van der Waals surface area contributed by atoms with Gasteiger partial charge in [0.15, 0.2) is 0 Å². The molecule has 1 atom stereocenters. The average molecular weight is 281 g/mol. The van der Waals surface area contributed by atoms with Gasteiger partial charge in [-0.05, 0) is 25.0 Å². The molecule has 1 aliphatic rings. The zero-order valence-electron chi connectivity index (χ0n) is 11.2. The van der Waals surface area contributed by atoms with Crippen molar-refractivity contribution in [2.75, 3.05) is 36.5 Å². The van der Waals surface area contributed by atoms with Gasteiger partial charge in [0, 0.05) is 31.4 Å². The molecule has 0 radical (unpaired) electrons. The Morgan fingerprint density at radius 2 is 2.10 bits per heavy atom. The molecule has 0 aliphatic carbocycles. The molecule has 0 aromatic heterocycles. The van der Waals surface area contributed by atoms with Gasteiger partial charge in [-0.25, -0.2) is 0 Å². The molecule has 0 amide bonds. The summed E-state index contributed by atoms with van der Waals surface area (Å²) in [6.07, 6.45) is 1.32. The molecule has 7 heteroatoms. The normalized spacial score (nSPS) is 16.2. The second-order valence-corrected chi connectivity index (χ2v) is 4.87. The van der Waals surface area contributed by atoms with Gasteiger partial charge < -0.3 is 20.4 Å². The minimum atomic E-state index is -0.940. The van der Waals surface area contributed by atoms with Crippen LogP contribution in [0.25, 0.3) is 0 Å². The Hall–Kier alpha value is -1.86. The van der Waals surface area contributed by atoms with E-state index in [9.17, 15) is 15.2 Å². The van der Waals surface area contributed by atoms with E-state index < -0.39 is 11.0 Å². The van der Waals surface area contributed by atoms with Gasteiger partial charge in [-0.2, -0.15) is 0 Å². The number of aliphatic hydroxyl groups is 2. The summed E-state index contributed by atoms with van der Waals surface area (Å²) in [7, 11) is 0. The SMILES string of the molecule is O=[N+]([O-])c1ccc(N2CCCC2)cc1NCC(O)CO. The van der Waals surface area contributed by atoms with Crippen LogP contribution in [0.1, 0.15) is 12.8 Å². The lowest BCUT2D eigenvalue weighted by Crippen LogP contribution is -2.23. The zero-order valence-corrected chi connectivity index (χ0v) is 11.2. The molecule has 1 heterocycles. The van der Waals surface area contributed by atoms with E-state index in [1.54, 1.807) is 12.1 Å². The molecular formula is C13H19N3O4. The summed E-state index contributed by atoms with van der Waals surface area (Å²) < 4.78 is 0. The van der Waals surface area contributed by atoms with E-state index in [1.165, 1.54) is 6.07 Å². The molecule has 0 bridgehead atoms. The monoisotopic (exact) mass is 281 g/mol. The Morgan fingerprint density at radius 1 is 1.40 bits per heavy atom. The second-order valence-electron chi connectivity index (χ2n) is 4.87. The first-order valence-electron chi connectivity index (χ1n) is 6.68. The van der Waals surface area contributed by atoms with E-state index in [-0.39, 0.29) is 18.8 Å². The molecular weight excluding hydrogens is 262 g/mol. The lowest BCUT2D eigenvalue weighted by molar-refractivity contribution is -0.383. The zero-order chi connectivity index (χ0) is 14.5. The predicted molar refractivity (Wildman–Crippen MR) is 76.1 cm³/mol. The van der Waals surface area contributed by atoms with Crippen LogP contribution in [0.3, 0.4) is 0 Å². The fourth-order valence-electron chi connectivity index (χ4n) is 2.29. The Balaban J connectivity index is 2.19. The van der Waals surface area contributed by atoms with Crippen LogP contribution in [0.2, 0.25) is 0 Å². The highest BCUT2D eigenvalue weighted by Crippen LogP contribution is 2.31. The van der Waals surface area contributed by atoms with Gasteiger partial charge in [-0.3, -0.25) is 10.1 Å². The maximum absolute atomic E-state index is 11.0. The van der Waals surface area contributed by atoms with E-state index >= 15 is 0 Å². The number of nitrogens with zero attached hydrogens (tertiary/aromatic N) is 2. The van der Waals surface area contributed by atoms with Crippen molar-refractivity contribution < 1.29 is 15.1 Å². The largest absolute Gasteiger partial charge is 0.394 e. The maximum atomic E-state index is 11.0. The van der Waals surface area contributed by atoms with E-state index in [0.29, 0.717) is 5.69 Å². The summed E-state index contributed by atoms with van der Waals surface area (Å²) in [5, 5.41) is 32.0. The van der Waals surface area contributed by atoms with Gasteiger partial charge in [0.1, 0.15) is 5.69 Å². The van der Waals surface area contributed by atoms with Crippen LogP contribution in [0.5, 0.6) is 0 Å². The second kappa shape index (κ2) is 6.53. The summed E-state index contributed by atoms with van der Waals surface area (Å²) in [6.45, 7) is 1.60. The van der Waals surface area contributed by atoms with Crippen molar-refractivity contribution in [2.24, 2.45) is 0 Å². The smallest absolute Gasteiger partial charge is 0.292 e. The van der Waals surface area contributed by atoms with Gasteiger partial charge in [-0.15, -0.1) is 0 Å². The first kappa shape index (κ1) is 14.5. The lowest BCUT2D eigenvalue weighted by atomic mass is 10.2. The fourth-order valence-corrected chi connectivity index (χ4v) is 2.29. The number of anilines is 2. The Bertz CT molecular complexity index is 475. The first-order chi connectivity index (χ1) is 9.61. The number of nitro benzene ring substituents is 1. The Labute approximate surface area is 117 Å². The maximum Gasteiger partial charge on any atom is 0.292 e. The molecule has 20 heavy (non-hydrogen) atoms. The van der Waals surface area contributed by atoms with Crippen molar-refractivity contribution >= 4 is 17.1 Å². The van der Waals surface area contributed by atoms with Crippen molar-refractivity contribution in [1.82, 2.24) is 0 Å². The minimum absolute atomic E-state index is 0.0295. The van der Waals surface area contributed by atoms with Crippen molar-refractivity contribution in [3.63, 3.8) is 0 Å². The van der Waals surface area contributed by atoms with Crippen LogP contribution in [0.15, 0.2) is 18.2 Å². The molecule has 3 N–H and O–H groups in total. The van der Waals surface area contributed by atoms with Gasteiger partial charge in [-0.1, -0.05) is 0 Å². The van der Waals surface area contributed by atoms with E-state index in [4.69, 9.17) is 5.11 Å². The summed E-state index contributed by atoms with van der Waals surface area (Å²) in [5.74, 6) is 0. The number of rotatable bonds is 6. The van der Waals surface area contributed by atoms with Crippen LogP contribution in [-0.2, 0) is 0 Å². The molecule has 7 nitrogen and oxygen atoms in total. The fraction of sp³-hybridized carbons (Fsp3) is 0.538. The number of benzene rings is 1. The number of hydrogen-bond donors (Lipinski definition) is 3. The predicted octanol–water partition coefficient (Wildman–Crippen LogP) is 0.960. The third-order valence-electron chi connectivity index (χ3n) is 3.39. The third kappa shape index (κ3) is 3.37. The highest BCUT2D eigenvalue weighted by molar-refractivity contribution is 5.69. The molecule has 1 saturated heterocycles. The van der Waals surface area contributed by atoms with Crippen molar-refractivity contribution in [3.05, 3.63) is 28.3 Å². The van der Waals surface area contributed by atoms with Crippen molar-refractivity contribution in [1.29, 1.82) is 0 Å². The third-order valence-corrected chi connectivity index (χ3v) is 3.39. The molecule has 1 unspecified atom stereocenters. The molecule has 0 spiro atoms. The summed E-state index contributed by atoms with van der Waals surface area (Å²) in [5.41, 5.74) is 1.28. The molecule has 1 fully saturated rings. The Kier molecular flexibility index (Phi) is 4.75. The summed E-state index contributed by atoms with van der Waals surface area (Å²) in [6, 6.07) is 4.95. The first-order valence-corrected chi connectivity index (χ1v) is 6.68. The summed E-state index contributed by atoms with van der Waals surface area (Å²) >= 11 is 0. The quantitative estimate of drug-likeness (QED) is 0.530. The highest BCUT2D eigenvalue weighted by Gasteiger charge is 2.19. The van der Waals surface area contributed by atoms with Crippen molar-refractivity contribution in [2.45, 2.75) is 18.9 Å². The molecule has 110 valence electrons. The number of nitrogens with one attached hydrogen (secondary N) is 1. The number of aliphatic hydroxyl groups excluding tert-OH is 2. The standard InChI is InChI=1S/C13H19N3O4/c17-9-11(18)8-14-12-7-10(15-5-1-2-6-15)3-4-13(12)16(19)20/h3-4,7,11,14,17-18H,1-2,5-6,8-9H2. The molecule has 1 aliphatic heterocycles. The van der Waals surface area contributed by atoms with Gasteiger partial charge >= 0.3 is 0 Å². The summed E-state index contributed by atoms with van der Waals surface area (Å²) in [4.78, 5) is 12.7. The van der Waals surface area contributed by atoms with Crippen LogP contribution in [0.4, 0.5) is 17.1 Å². The molecule has 1 aromatic rings. The lowest BCUT2D eigenvalue weighted by Gasteiger charge is -2.19. The van der Waals surface area contributed by atoms with Crippen molar-refractivity contribution in [3.8, 4) is 0 Å². The van der Waals surface area contributed by atoms with Crippen LogP contribution >= 0.6 is 0 Å².